The minimum absolute atomic E-state index is 0.0335. The van der Waals surface area contributed by atoms with Crippen molar-refractivity contribution in [1.29, 1.82) is 0 Å². The smallest absolute Gasteiger partial charge is 0.337 e. The molecular formula is C14H16Br2N2O3. The van der Waals surface area contributed by atoms with Gasteiger partial charge in [-0.15, -0.1) is 0 Å². The summed E-state index contributed by atoms with van der Waals surface area (Å²) < 4.78 is 1.14. The molecule has 0 bridgehead atoms. The molecule has 2 unspecified atom stereocenters. The van der Waals surface area contributed by atoms with E-state index in [9.17, 15) is 14.7 Å². The van der Waals surface area contributed by atoms with E-state index in [1.165, 1.54) is 6.07 Å². The number of nitrogens with one attached hydrogen (secondary N) is 2. The lowest BCUT2D eigenvalue weighted by Crippen LogP contribution is -2.36. The number of urea groups is 1. The second-order valence-corrected chi connectivity index (χ2v) is 7.10. The molecule has 1 aromatic rings. The van der Waals surface area contributed by atoms with Gasteiger partial charge in [-0.2, -0.15) is 0 Å². The monoisotopic (exact) mass is 418 g/mol. The molecule has 1 fully saturated rings. The van der Waals surface area contributed by atoms with Crippen LogP contribution in [0.5, 0.6) is 0 Å². The Hall–Kier alpha value is -1.08. The summed E-state index contributed by atoms with van der Waals surface area (Å²) in [6.45, 7) is 2.16. The van der Waals surface area contributed by atoms with Crippen molar-refractivity contribution in [2.45, 2.75) is 32.2 Å². The van der Waals surface area contributed by atoms with Crippen molar-refractivity contribution in [3.05, 3.63) is 26.6 Å². The summed E-state index contributed by atoms with van der Waals surface area (Å²) in [5.74, 6) is -0.480. The molecule has 7 heteroatoms. The molecule has 1 aliphatic carbocycles. The van der Waals surface area contributed by atoms with E-state index in [1.54, 1.807) is 6.07 Å². The van der Waals surface area contributed by atoms with Gasteiger partial charge in [-0.05, 0) is 53.2 Å². The Morgan fingerprint density at radius 3 is 2.57 bits per heavy atom. The van der Waals surface area contributed by atoms with Crippen molar-refractivity contribution in [3.8, 4) is 0 Å². The van der Waals surface area contributed by atoms with Crippen molar-refractivity contribution < 1.29 is 14.7 Å². The van der Waals surface area contributed by atoms with Gasteiger partial charge in [0.2, 0.25) is 0 Å². The number of hydrogen-bond acceptors (Lipinski definition) is 2. The number of hydrogen-bond donors (Lipinski definition) is 3. The van der Waals surface area contributed by atoms with E-state index in [2.05, 4.69) is 49.4 Å². The predicted octanol–water partition coefficient (Wildman–Crippen LogP) is 4.22. The van der Waals surface area contributed by atoms with Crippen molar-refractivity contribution >= 4 is 49.5 Å². The lowest BCUT2D eigenvalue weighted by Gasteiger charge is -2.16. The fraction of sp³-hybridized carbons (Fsp3) is 0.429. The standard InChI is InChI=1S/C14H16Br2N2O3/c1-7-2-3-9(4-7)17-14(21)18-12-10(13(19)20)5-8(15)6-11(12)16/h5-7,9H,2-4H2,1H3,(H,19,20)(H2,17,18,21). The lowest BCUT2D eigenvalue weighted by molar-refractivity contribution is 0.0698. The number of carbonyl (C=O) groups excluding carboxylic acids is 1. The van der Waals surface area contributed by atoms with E-state index in [0.29, 0.717) is 14.9 Å². The quantitative estimate of drug-likeness (QED) is 0.686. The fourth-order valence-electron chi connectivity index (χ4n) is 2.54. The van der Waals surface area contributed by atoms with E-state index in [1.807, 2.05) is 0 Å². The van der Waals surface area contributed by atoms with Crippen molar-refractivity contribution in [1.82, 2.24) is 5.32 Å². The van der Waals surface area contributed by atoms with E-state index >= 15 is 0 Å². The van der Waals surface area contributed by atoms with Crippen LogP contribution in [0, 0.1) is 5.92 Å². The number of carboxylic acids is 1. The molecular weight excluding hydrogens is 404 g/mol. The first-order valence-electron chi connectivity index (χ1n) is 6.66. The number of aromatic carboxylic acids is 1. The molecule has 21 heavy (non-hydrogen) atoms. The molecule has 2 atom stereocenters. The Balaban J connectivity index is 2.11. The zero-order valence-corrected chi connectivity index (χ0v) is 14.6. The maximum absolute atomic E-state index is 12.0. The molecule has 0 spiro atoms. The molecule has 0 saturated heterocycles. The third-order valence-corrected chi connectivity index (χ3v) is 4.64. The van der Waals surface area contributed by atoms with Gasteiger partial charge in [0, 0.05) is 15.0 Å². The summed E-state index contributed by atoms with van der Waals surface area (Å²) in [5, 5.41) is 14.8. The Labute approximate surface area is 139 Å². The molecule has 1 aliphatic rings. The number of benzene rings is 1. The maximum atomic E-state index is 12.0. The van der Waals surface area contributed by atoms with Crippen LogP contribution in [-0.4, -0.2) is 23.1 Å². The SMILES string of the molecule is CC1CCC(NC(=O)Nc2c(Br)cc(Br)cc2C(=O)O)C1. The van der Waals surface area contributed by atoms with Gasteiger partial charge in [0.05, 0.1) is 11.3 Å². The van der Waals surface area contributed by atoms with E-state index in [0.717, 1.165) is 19.3 Å². The van der Waals surface area contributed by atoms with Crippen LogP contribution in [-0.2, 0) is 0 Å². The average molecular weight is 420 g/mol. The fourth-order valence-corrected chi connectivity index (χ4v) is 3.87. The normalized spacial score (nSPS) is 21.1. The van der Waals surface area contributed by atoms with Crippen molar-refractivity contribution in [2.24, 2.45) is 5.92 Å². The van der Waals surface area contributed by atoms with Crippen LogP contribution in [0.25, 0.3) is 0 Å². The molecule has 2 rings (SSSR count). The van der Waals surface area contributed by atoms with Gasteiger partial charge in [-0.1, -0.05) is 22.9 Å². The van der Waals surface area contributed by atoms with Crippen LogP contribution in [0.15, 0.2) is 21.1 Å². The first-order valence-corrected chi connectivity index (χ1v) is 8.25. The molecule has 1 saturated carbocycles. The summed E-state index contributed by atoms with van der Waals surface area (Å²) >= 11 is 6.52. The molecule has 0 aliphatic heterocycles. The summed E-state index contributed by atoms with van der Waals surface area (Å²) in [6, 6.07) is 2.93. The van der Waals surface area contributed by atoms with Crippen LogP contribution in [0.4, 0.5) is 10.5 Å². The van der Waals surface area contributed by atoms with Crippen LogP contribution in [0.2, 0.25) is 0 Å². The van der Waals surface area contributed by atoms with Crippen LogP contribution < -0.4 is 10.6 Å². The average Bonchev–Trinajstić information content (AvgIpc) is 2.77. The topological polar surface area (TPSA) is 78.4 Å². The Morgan fingerprint density at radius 2 is 2.00 bits per heavy atom. The highest BCUT2D eigenvalue weighted by Crippen LogP contribution is 2.31. The summed E-state index contributed by atoms with van der Waals surface area (Å²) in [7, 11) is 0. The van der Waals surface area contributed by atoms with Gasteiger partial charge in [-0.3, -0.25) is 0 Å². The zero-order chi connectivity index (χ0) is 15.6. The van der Waals surface area contributed by atoms with Gasteiger partial charge < -0.3 is 15.7 Å². The van der Waals surface area contributed by atoms with Crippen LogP contribution in [0.3, 0.4) is 0 Å². The van der Waals surface area contributed by atoms with E-state index < -0.39 is 5.97 Å². The van der Waals surface area contributed by atoms with Crippen LogP contribution >= 0.6 is 31.9 Å². The summed E-state index contributed by atoms with van der Waals surface area (Å²) in [5.41, 5.74) is 0.292. The minimum Gasteiger partial charge on any atom is -0.478 e. The number of carbonyl (C=O) groups is 2. The van der Waals surface area contributed by atoms with Crippen molar-refractivity contribution in [2.75, 3.05) is 5.32 Å². The Bertz CT molecular complexity index is 578. The van der Waals surface area contributed by atoms with Gasteiger partial charge in [0.15, 0.2) is 0 Å². The molecule has 3 N–H and O–H groups in total. The number of rotatable bonds is 3. The largest absolute Gasteiger partial charge is 0.478 e. The summed E-state index contributed by atoms with van der Waals surface area (Å²) in [4.78, 5) is 23.3. The molecule has 0 heterocycles. The predicted molar refractivity (Wildman–Crippen MR) is 87.8 cm³/mol. The van der Waals surface area contributed by atoms with E-state index in [4.69, 9.17) is 0 Å². The van der Waals surface area contributed by atoms with Crippen LogP contribution in [0.1, 0.15) is 36.5 Å². The van der Waals surface area contributed by atoms with Gasteiger partial charge >= 0.3 is 12.0 Å². The second-order valence-electron chi connectivity index (χ2n) is 5.33. The van der Waals surface area contributed by atoms with Gasteiger partial charge in [-0.25, -0.2) is 9.59 Å². The highest BCUT2D eigenvalue weighted by atomic mass is 79.9. The number of amides is 2. The number of anilines is 1. The molecule has 114 valence electrons. The lowest BCUT2D eigenvalue weighted by atomic mass is 10.1. The molecule has 1 aromatic carbocycles. The first kappa shape index (κ1) is 16.3. The zero-order valence-electron chi connectivity index (χ0n) is 11.5. The van der Waals surface area contributed by atoms with Gasteiger partial charge in [0.1, 0.15) is 0 Å². The summed E-state index contributed by atoms with van der Waals surface area (Å²) in [6.07, 6.45) is 3.02. The minimum atomic E-state index is -1.10. The number of carboxylic acid groups (broad SMARTS) is 1. The molecule has 5 nitrogen and oxygen atoms in total. The Kier molecular flexibility index (Phi) is 5.27. The molecule has 0 aromatic heterocycles. The highest BCUT2D eigenvalue weighted by Gasteiger charge is 2.24. The third kappa shape index (κ3) is 4.20. The van der Waals surface area contributed by atoms with Gasteiger partial charge in [0.25, 0.3) is 0 Å². The van der Waals surface area contributed by atoms with Crippen molar-refractivity contribution in [3.63, 3.8) is 0 Å². The third-order valence-electron chi connectivity index (χ3n) is 3.55. The first-order chi connectivity index (χ1) is 9.86. The second kappa shape index (κ2) is 6.79. The van der Waals surface area contributed by atoms with E-state index in [-0.39, 0.29) is 23.3 Å². The maximum Gasteiger partial charge on any atom is 0.337 e. The number of halogens is 2. The Morgan fingerprint density at radius 1 is 1.29 bits per heavy atom. The molecule has 0 radical (unpaired) electrons. The highest BCUT2D eigenvalue weighted by molar-refractivity contribution is 9.11. The molecule has 2 amide bonds.